The van der Waals surface area contributed by atoms with Crippen LogP contribution in [-0.4, -0.2) is 29.9 Å². The van der Waals surface area contributed by atoms with E-state index in [4.69, 9.17) is 37.4 Å². The zero-order chi connectivity index (χ0) is 18.5. The summed E-state index contributed by atoms with van der Waals surface area (Å²) >= 11 is 6.17. The first-order chi connectivity index (χ1) is 11.3. The standard InChI is InChI=1S/C14H21ClN4O.C2H4O2/c1-3-10(4-2)9-20-13-6-5-11(7-12(13)15)8-18-19-14(16)17;1-2(3)4/h5-8,10H,3-4,9H2,1-2H3,(H4,16,17,19);1H3,(H,3,4)/b18-8+;. The van der Waals surface area contributed by atoms with Gasteiger partial charge < -0.3 is 15.6 Å². The molecule has 0 aliphatic heterocycles. The molecule has 0 aliphatic carbocycles. The van der Waals surface area contributed by atoms with Crippen molar-refractivity contribution >= 4 is 29.7 Å². The second-order valence-electron chi connectivity index (χ2n) is 4.99. The summed E-state index contributed by atoms with van der Waals surface area (Å²) in [6, 6.07) is 5.42. The molecule has 0 fully saturated rings. The lowest BCUT2D eigenvalue weighted by Gasteiger charge is -2.14. The first kappa shape index (κ1) is 21.7. The highest BCUT2D eigenvalue weighted by molar-refractivity contribution is 6.32. The highest BCUT2D eigenvalue weighted by atomic mass is 35.5. The second kappa shape index (κ2) is 12.2. The Kier molecular flexibility index (Phi) is 11.0. The lowest BCUT2D eigenvalue weighted by molar-refractivity contribution is -0.134. The van der Waals surface area contributed by atoms with Crippen molar-refractivity contribution in [3.8, 4) is 5.75 Å². The van der Waals surface area contributed by atoms with Crippen molar-refractivity contribution in [3.05, 3.63) is 28.8 Å². The van der Waals surface area contributed by atoms with Gasteiger partial charge in [-0.2, -0.15) is 5.10 Å². The number of carbonyl (C=O) groups is 1. The first-order valence-electron chi connectivity index (χ1n) is 7.55. The molecule has 0 aliphatic rings. The molecule has 0 unspecified atom stereocenters. The van der Waals surface area contributed by atoms with E-state index in [0.717, 1.165) is 25.3 Å². The molecule has 0 spiro atoms. The fourth-order valence-electron chi connectivity index (χ4n) is 1.62. The van der Waals surface area contributed by atoms with E-state index in [9.17, 15) is 0 Å². The van der Waals surface area contributed by atoms with Crippen molar-refractivity contribution < 1.29 is 14.6 Å². The normalized spacial score (nSPS) is 10.2. The third-order valence-corrected chi connectivity index (χ3v) is 3.28. The lowest BCUT2D eigenvalue weighted by atomic mass is 10.1. The predicted octanol–water partition coefficient (Wildman–Crippen LogP) is 3.06. The molecule has 0 radical (unpaired) electrons. The minimum atomic E-state index is -0.833. The van der Waals surface area contributed by atoms with Gasteiger partial charge in [-0.15, -0.1) is 0 Å². The smallest absolute Gasteiger partial charge is 0.300 e. The Balaban J connectivity index is 0.00000118. The van der Waals surface area contributed by atoms with Crippen LogP contribution in [0.15, 0.2) is 23.3 Å². The molecule has 1 aromatic rings. The number of nitrogens with two attached hydrogens (primary N) is 1. The fourth-order valence-corrected chi connectivity index (χ4v) is 1.87. The van der Waals surface area contributed by atoms with Gasteiger partial charge in [0.1, 0.15) is 5.75 Å². The number of ether oxygens (including phenoxy) is 1. The number of hydrazone groups is 1. The van der Waals surface area contributed by atoms with Gasteiger partial charge in [0, 0.05) is 6.92 Å². The molecule has 0 amide bonds. The Labute approximate surface area is 147 Å². The van der Waals surface area contributed by atoms with Gasteiger partial charge in [-0.1, -0.05) is 38.3 Å². The van der Waals surface area contributed by atoms with Gasteiger partial charge in [0.05, 0.1) is 17.8 Å². The monoisotopic (exact) mass is 356 g/mol. The quantitative estimate of drug-likeness (QED) is 0.340. The number of benzene rings is 1. The number of nitrogens with one attached hydrogen (secondary N) is 2. The van der Waals surface area contributed by atoms with Crippen LogP contribution < -0.4 is 15.9 Å². The summed E-state index contributed by atoms with van der Waals surface area (Å²) in [5.74, 6) is 0.180. The van der Waals surface area contributed by atoms with E-state index < -0.39 is 5.97 Å². The van der Waals surface area contributed by atoms with Crippen LogP contribution in [0.1, 0.15) is 39.2 Å². The fraction of sp³-hybridized carbons (Fsp3) is 0.438. The molecule has 0 saturated heterocycles. The van der Waals surface area contributed by atoms with Crippen LogP contribution >= 0.6 is 11.6 Å². The maximum atomic E-state index is 9.00. The van der Waals surface area contributed by atoms with Crippen molar-refractivity contribution in [2.24, 2.45) is 16.8 Å². The van der Waals surface area contributed by atoms with E-state index in [1.54, 1.807) is 6.07 Å². The number of hydrogen-bond donors (Lipinski definition) is 4. The van der Waals surface area contributed by atoms with Crippen molar-refractivity contribution in [2.45, 2.75) is 33.6 Å². The lowest BCUT2D eigenvalue weighted by Crippen LogP contribution is -2.25. The Morgan fingerprint density at radius 2 is 2.08 bits per heavy atom. The van der Waals surface area contributed by atoms with Crippen molar-refractivity contribution in [2.75, 3.05) is 6.61 Å². The molecule has 1 rings (SSSR count). The van der Waals surface area contributed by atoms with Crippen LogP contribution in [0.5, 0.6) is 5.75 Å². The number of aliphatic carboxylic acids is 1. The summed E-state index contributed by atoms with van der Waals surface area (Å²) in [5.41, 5.74) is 8.26. The third kappa shape index (κ3) is 10.4. The molecule has 0 saturated carbocycles. The van der Waals surface area contributed by atoms with E-state index in [-0.39, 0.29) is 5.96 Å². The van der Waals surface area contributed by atoms with Gasteiger partial charge in [0.15, 0.2) is 0 Å². The van der Waals surface area contributed by atoms with Gasteiger partial charge in [-0.3, -0.25) is 10.2 Å². The van der Waals surface area contributed by atoms with Crippen LogP contribution in [0.4, 0.5) is 0 Å². The number of carboxylic acid groups (broad SMARTS) is 1. The molecule has 0 atom stereocenters. The zero-order valence-electron chi connectivity index (χ0n) is 14.2. The summed E-state index contributed by atoms with van der Waals surface area (Å²) in [6.07, 6.45) is 3.73. The van der Waals surface area contributed by atoms with E-state index in [1.807, 2.05) is 12.1 Å². The van der Waals surface area contributed by atoms with E-state index >= 15 is 0 Å². The maximum Gasteiger partial charge on any atom is 0.300 e. The average molecular weight is 357 g/mol. The molecule has 5 N–H and O–H groups in total. The van der Waals surface area contributed by atoms with Gasteiger partial charge in [-0.25, -0.2) is 5.43 Å². The second-order valence-corrected chi connectivity index (χ2v) is 5.39. The number of carboxylic acids is 1. The van der Waals surface area contributed by atoms with Gasteiger partial charge in [0.25, 0.3) is 5.97 Å². The molecular weight excluding hydrogens is 332 g/mol. The van der Waals surface area contributed by atoms with Crippen LogP contribution in [0.3, 0.4) is 0 Å². The average Bonchev–Trinajstić information content (AvgIpc) is 2.49. The van der Waals surface area contributed by atoms with Gasteiger partial charge in [0.2, 0.25) is 5.96 Å². The third-order valence-electron chi connectivity index (χ3n) is 2.98. The van der Waals surface area contributed by atoms with Crippen molar-refractivity contribution in [1.29, 1.82) is 5.41 Å². The van der Waals surface area contributed by atoms with Gasteiger partial charge >= 0.3 is 0 Å². The highest BCUT2D eigenvalue weighted by Gasteiger charge is 2.07. The zero-order valence-corrected chi connectivity index (χ0v) is 14.9. The molecular formula is C16H25ClN4O3. The van der Waals surface area contributed by atoms with Crippen LogP contribution in [0, 0.1) is 11.3 Å². The number of guanidine groups is 1. The Bertz CT molecular complexity index is 556. The van der Waals surface area contributed by atoms with Crippen LogP contribution in [0.2, 0.25) is 5.02 Å². The Morgan fingerprint density at radius 3 is 2.54 bits per heavy atom. The summed E-state index contributed by atoms with van der Waals surface area (Å²) in [4.78, 5) is 9.00. The molecule has 0 bridgehead atoms. The minimum Gasteiger partial charge on any atom is -0.492 e. The van der Waals surface area contributed by atoms with Crippen molar-refractivity contribution in [3.63, 3.8) is 0 Å². The van der Waals surface area contributed by atoms with E-state index in [1.165, 1.54) is 6.21 Å². The number of halogens is 1. The summed E-state index contributed by atoms with van der Waals surface area (Å²) in [6.45, 7) is 6.06. The molecule has 24 heavy (non-hydrogen) atoms. The number of hydrogen-bond acceptors (Lipinski definition) is 4. The number of rotatable bonds is 7. The van der Waals surface area contributed by atoms with E-state index in [2.05, 4.69) is 24.4 Å². The number of nitrogens with zero attached hydrogens (tertiary/aromatic N) is 1. The van der Waals surface area contributed by atoms with Crippen molar-refractivity contribution in [1.82, 2.24) is 5.43 Å². The van der Waals surface area contributed by atoms with Crippen LogP contribution in [-0.2, 0) is 4.79 Å². The molecule has 1 aromatic carbocycles. The largest absolute Gasteiger partial charge is 0.492 e. The topological polar surface area (TPSA) is 121 Å². The Morgan fingerprint density at radius 1 is 1.50 bits per heavy atom. The van der Waals surface area contributed by atoms with E-state index in [0.29, 0.717) is 23.3 Å². The highest BCUT2D eigenvalue weighted by Crippen LogP contribution is 2.26. The predicted molar refractivity (Wildman–Crippen MR) is 97.0 cm³/mol. The Hall–Kier alpha value is -2.28. The van der Waals surface area contributed by atoms with Gasteiger partial charge in [-0.05, 0) is 29.7 Å². The summed E-state index contributed by atoms with van der Waals surface area (Å²) in [5, 5.41) is 18.7. The SMILES string of the molecule is CC(=O)O.CCC(CC)COc1ccc(/C=N/NC(=N)N)cc1Cl. The molecule has 134 valence electrons. The molecule has 0 aromatic heterocycles. The molecule has 7 nitrogen and oxygen atoms in total. The summed E-state index contributed by atoms with van der Waals surface area (Å²) < 4.78 is 5.73. The van der Waals surface area contributed by atoms with Crippen LogP contribution in [0.25, 0.3) is 0 Å². The first-order valence-corrected chi connectivity index (χ1v) is 7.92. The minimum absolute atomic E-state index is 0.211. The summed E-state index contributed by atoms with van der Waals surface area (Å²) in [7, 11) is 0. The molecule has 8 heteroatoms. The maximum absolute atomic E-state index is 9.00. The molecule has 0 heterocycles.